The maximum absolute atomic E-state index is 13.6. The number of esters is 1. The zero-order chi connectivity index (χ0) is 59.3. The molecular formula is C71H120N2O7P+. The maximum Gasteiger partial charge on any atom is 0.472 e. The van der Waals surface area contributed by atoms with E-state index in [-0.39, 0.29) is 31.5 Å². The van der Waals surface area contributed by atoms with Crippen molar-refractivity contribution < 1.29 is 37.3 Å². The molecule has 0 saturated carbocycles. The average molecular weight is 1140 g/mol. The van der Waals surface area contributed by atoms with Crippen molar-refractivity contribution in [2.75, 3.05) is 40.9 Å². The number of carbonyl (C=O) groups is 2. The van der Waals surface area contributed by atoms with Crippen LogP contribution in [-0.2, 0) is 27.9 Å². The van der Waals surface area contributed by atoms with E-state index in [0.717, 1.165) is 109 Å². The van der Waals surface area contributed by atoms with Crippen molar-refractivity contribution in [3.8, 4) is 0 Å². The van der Waals surface area contributed by atoms with E-state index in [1.807, 2.05) is 94.1 Å². The Morgan fingerprint density at radius 2 is 0.852 bits per heavy atom. The van der Waals surface area contributed by atoms with Crippen LogP contribution in [0.1, 0.15) is 239 Å². The van der Waals surface area contributed by atoms with Gasteiger partial charge in [-0.2, -0.15) is 0 Å². The molecule has 0 heterocycles. The smallest absolute Gasteiger partial charge is 0.456 e. The normalized spacial score (nSPS) is 14.6. The van der Waals surface area contributed by atoms with Gasteiger partial charge in [-0.25, -0.2) is 4.57 Å². The SMILES string of the molecule is CC\C=C/C=C/C=C/C=C\C=C\C=C\CCCCCC(=O)OC(/C=C\CCCCCCCCCCC)C(COP(=O)(O)OCC[N+](C)(C)C)NC(=O)CCCCCCCCCCCCC/C=C\C/C=C\C/C=C\C/C=C\C/C=C\CC. The highest BCUT2D eigenvalue weighted by atomic mass is 31.2. The largest absolute Gasteiger partial charge is 0.472 e. The third kappa shape index (κ3) is 60.3. The van der Waals surface area contributed by atoms with Crippen LogP contribution in [0.15, 0.2) is 146 Å². The molecule has 0 spiro atoms. The Bertz CT molecular complexity index is 1890. The van der Waals surface area contributed by atoms with Crippen LogP contribution >= 0.6 is 7.82 Å². The summed E-state index contributed by atoms with van der Waals surface area (Å²) in [4.78, 5) is 37.7. The van der Waals surface area contributed by atoms with Gasteiger partial charge >= 0.3 is 13.8 Å². The number of quaternary nitrogens is 1. The highest BCUT2D eigenvalue weighted by Crippen LogP contribution is 2.43. The van der Waals surface area contributed by atoms with Gasteiger partial charge in [0.1, 0.15) is 19.3 Å². The van der Waals surface area contributed by atoms with Crippen LogP contribution in [0.3, 0.4) is 0 Å². The molecule has 0 aliphatic heterocycles. The first kappa shape index (κ1) is 76.9. The van der Waals surface area contributed by atoms with Gasteiger partial charge in [0.2, 0.25) is 5.91 Å². The molecule has 0 saturated heterocycles. The van der Waals surface area contributed by atoms with Crippen LogP contribution in [0.5, 0.6) is 0 Å². The second-order valence-electron chi connectivity index (χ2n) is 22.3. The number of nitrogens with zero attached hydrogens (tertiary/aromatic N) is 1. The molecule has 81 heavy (non-hydrogen) atoms. The molecule has 9 nitrogen and oxygen atoms in total. The van der Waals surface area contributed by atoms with Gasteiger partial charge < -0.3 is 19.4 Å². The molecule has 0 aromatic rings. The Morgan fingerprint density at radius 3 is 1.35 bits per heavy atom. The van der Waals surface area contributed by atoms with Crippen LogP contribution in [0.4, 0.5) is 0 Å². The second-order valence-corrected chi connectivity index (χ2v) is 23.8. The molecule has 0 aromatic carbocycles. The molecule has 460 valence electrons. The number of likely N-dealkylation sites (N-methyl/N-ethyl adjacent to an activating group) is 1. The summed E-state index contributed by atoms with van der Waals surface area (Å²) in [5.41, 5.74) is 0. The summed E-state index contributed by atoms with van der Waals surface area (Å²) >= 11 is 0. The number of nitrogens with one attached hydrogen (secondary N) is 1. The molecule has 0 rings (SSSR count). The van der Waals surface area contributed by atoms with Gasteiger partial charge in [-0.05, 0) is 96.0 Å². The van der Waals surface area contributed by atoms with Crippen LogP contribution in [0.2, 0.25) is 0 Å². The summed E-state index contributed by atoms with van der Waals surface area (Å²) in [5, 5.41) is 3.04. The number of rotatable bonds is 56. The second kappa shape index (κ2) is 59.1. The van der Waals surface area contributed by atoms with Gasteiger partial charge in [0, 0.05) is 12.8 Å². The predicted molar refractivity (Wildman–Crippen MR) is 350 cm³/mol. The zero-order valence-electron chi connectivity index (χ0n) is 52.5. The van der Waals surface area contributed by atoms with Crippen molar-refractivity contribution in [1.82, 2.24) is 5.32 Å². The molecule has 2 N–H and O–H groups in total. The van der Waals surface area contributed by atoms with Crippen molar-refractivity contribution in [3.05, 3.63) is 146 Å². The summed E-state index contributed by atoms with van der Waals surface area (Å²) in [7, 11) is 1.44. The fourth-order valence-corrected chi connectivity index (χ4v) is 9.26. The van der Waals surface area contributed by atoms with E-state index >= 15 is 0 Å². The molecule has 10 heteroatoms. The van der Waals surface area contributed by atoms with E-state index < -0.39 is 20.0 Å². The average Bonchev–Trinajstić information content (AvgIpc) is 3.43. The van der Waals surface area contributed by atoms with Gasteiger partial charge in [-0.3, -0.25) is 18.6 Å². The summed E-state index contributed by atoms with van der Waals surface area (Å²) in [6.07, 6.45) is 85.7. The van der Waals surface area contributed by atoms with Gasteiger partial charge in [-0.1, -0.05) is 276 Å². The highest BCUT2D eigenvalue weighted by molar-refractivity contribution is 7.47. The first-order valence-corrected chi connectivity index (χ1v) is 33.7. The zero-order valence-corrected chi connectivity index (χ0v) is 53.4. The Hall–Kier alpha value is -4.11. The first-order valence-electron chi connectivity index (χ1n) is 32.2. The van der Waals surface area contributed by atoms with Crippen LogP contribution in [-0.4, -0.2) is 74.3 Å². The predicted octanol–water partition coefficient (Wildman–Crippen LogP) is 20.2. The minimum atomic E-state index is -4.47. The Labute approximate surface area is 498 Å². The van der Waals surface area contributed by atoms with Crippen molar-refractivity contribution >= 4 is 19.7 Å². The quantitative estimate of drug-likeness (QED) is 0.0156. The lowest BCUT2D eigenvalue weighted by Gasteiger charge is -2.27. The Kier molecular flexibility index (Phi) is 56.1. The molecule has 1 amide bonds. The third-order valence-corrected chi connectivity index (χ3v) is 14.4. The summed E-state index contributed by atoms with van der Waals surface area (Å²) in [6.45, 7) is 6.70. The van der Waals surface area contributed by atoms with Crippen molar-refractivity contribution in [3.63, 3.8) is 0 Å². The lowest BCUT2D eigenvalue weighted by molar-refractivity contribution is -0.870. The molecule has 0 bridgehead atoms. The molecule has 0 radical (unpaired) electrons. The number of hydrogen-bond donors (Lipinski definition) is 2. The monoisotopic (exact) mass is 1140 g/mol. The standard InChI is InChI=1S/C71H119N2O7P/c1-7-10-13-16-19-22-25-27-29-31-32-33-34-35-36-37-38-39-40-42-43-45-48-51-54-57-60-63-70(74)72-68(67-79-81(76,77)78-66-65-73(4,5)6)69(62-59-56-53-50-47-24-21-18-15-12-9-3)80-71(75)64-61-58-55-52-49-46-44-41-30-28-26-23-20-17-14-11-8-2/h10-11,13-14,17,19-20,22-23,26-30,32-33,35-36,41,44,46,49,59,62,68-69H,7-9,12,15-16,18,21,24-25,31,34,37-40,42-43,45,47-48,50-58,60-61,63-67H2,1-6H3,(H-,72,74,76,77)/p+1/b13-10-,14-11-,20-17+,22-19-,26-23+,29-27-,30-28-,33-32-,36-35-,44-41+,49-46+,62-59-. The Morgan fingerprint density at radius 1 is 0.457 bits per heavy atom. The molecule has 0 fully saturated rings. The lowest BCUT2D eigenvalue weighted by Crippen LogP contribution is -2.47. The molecule has 3 unspecified atom stereocenters. The lowest BCUT2D eigenvalue weighted by atomic mass is 10.0. The molecule has 3 atom stereocenters. The number of phosphoric acid groups is 1. The maximum atomic E-state index is 13.6. The van der Waals surface area contributed by atoms with Gasteiger partial charge in [0.05, 0.1) is 33.8 Å². The number of allylic oxidation sites excluding steroid dienone is 23. The number of carbonyl (C=O) groups excluding carboxylic acids is 2. The summed E-state index contributed by atoms with van der Waals surface area (Å²) in [6, 6.07) is -0.879. The highest BCUT2D eigenvalue weighted by Gasteiger charge is 2.30. The summed E-state index contributed by atoms with van der Waals surface area (Å²) in [5.74, 6) is -0.570. The van der Waals surface area contributed by atoms with Gasteiger partial charge in [0.25, 0.3) is 0 Å². The van der Waals surface area contributed by atoms with Gasteiger partial charge in [-0.15, -0.1) is 0 Å². The number of unbranched alkanes of at least 4 members (excludes halogenated alkanes) is 23. The minimum Gasteiger partial charge on any atom is -0.456 e. The molecule has 0 aliphatic carbocycles. The van der Waals surface area contributed by atoms with E-state index in [1.54, 1.807) is 0 Å². The fraction of sp³-hybridized carbons (Fsp3) is 0.634. The number of phosphoric ester groups is 1. The van der Waals surface area contributed by atoms with E-state index in [0.29, 0.717) is 23.9 Å². The molecule has 0 aromatic heterocycles. The number of ether oxygens (including phenoxy) is 1. The van der Waals surface area contributed by atoms with E-state index in [1.165, 1.54) is 89.9 Å². The van der Waals surface area contributed by atoms with Crippen molar-refractivity contribution in [1.29, 1.82) is 0 Å². The first-order chi connectivity index (χ1) is 39.4. The van der Waals surface area contributed by atoms with Crippen LogP contribution in [0, 0.1) is 0 Å². The molecule has 0 aliphatic rings. The van der Waals surface area contributed by atoms with E-state index in [9.17, 15) is 19.0 Å². The fourth-order valence-electron chi connectivity index (χ4n) is 8.53. The van der Waals surface area contributed by atoms with E-state index in [2.05, 4.69) is 99.0 Å². The topological polar surface area (TPSA) is 111 Å². The summed E-state index contributed by atoms with van der Waals surface area (Å²) < 4.78 is 30.7. The van der Waals surface area contributed by atoms with Crippen molar-refractivity contribution in [2.24, 2.45) is 0 Å². The van der Waals surface area contributed by atoms with Gasteiger partial charge in [0.15, 0.2) is 0 Å². The van der Waals surface area contributed by atoms with Crippen LogP contribution < -0.4 is 5.32 Å². The van der Waals surface area contributed by atoms with Crippen molar-refractivity contribution in [2.45, 2.75) is 251 Å². The molecular weight excluding hydrogens is 1020 g/mol. The van der Waals surface area contributed by atoms with Crippen LogP contribution in [0.25, 0.3) is 0 Å². The number of hydrogen-bond acceptors (Lipinski definition) is 6. The number of amides is 1. The minimum absolute atomic E-state index is 0.0238. The third-order valence-electron chi connectivity index (χ3n) is 13.4. The van der Waals surface area contributed by atoms with E-state index in [4.69, 9.17) is 13.8 Å². The Balaban J connectivity index is 5.16.